The van der Waals surface area contributed by atoms with Gasteiger partial charge in [-0.3, -0.25) is 9.69 Å². The molecule has 0 saturated carbocycles. The summed E-state index contributed by atoms with van der Waals surface area (Å²) in [6, 6.07) is 4.45. The van der Waals surface area contributed by atoms with Crippen LogP contribution in [0.2, 0.25) is 0 Å². The first kappa shape index (κ1) is 19.6. The molecule has 0 aromatic heterocycles. The Morgan fingerprint density at radius 3 is 2.48 bits per heavy atom. The summed E-state index contributed by atoms with van der Waals surface area (Å²) in [6.07, 6.45) is -1.06. The van der Waals surface area contributed by atoms with Gasteiger partial charge in [0.1, 0.15) is 11.9 Å². The lowest BCUT2D eigenvalue weighted by Gasteiger charge is -2.32. The number of hydrogen-bond acceptors (Lipinski definition) is 5. The zero-order valence-corrected chi connectivity index (χ0v) is 16.2. The molecule has 2 heterocycles. The summed E-state index contributed by atoms with van der Waals surface area (Å²) in [5.41, 5.74) is -0.487. The van der Waals surface area contributed by atoms with Crippen molar-refractivity contribution in [2.45, 2.75) is 51.9 Å². The fourth-order valence-corrected chi connectivity index (χ4v) is 2.94. The van der Waals surface area contributed by atoms with Crippen LogP contribution in [0.25, 0.3) is 0 Å². The molecule has 7 nitrogen and oxygen atoms in total. The van der Waals surface area contributed by atoms with Gasteiger partial charge in [0.2, 0.25) is 5.91 Å². The van der Waals surface area contributed by atoms with E-state index in [9.17, 15) is 14.0 Å². The van der Waals surface area contributed by atoms with E-state index < -0.39 is 36.3 Å². The fraction of sp³-hybridized carbons (Fsp3) is 0.556. The van der Waals surface area contributed by atoms with E-state index in [1.807, 2.05) is 27.7 Å². The quantitative estimate of drug-likeness (QED) is 0.806. The Kier molecular flexibility index (Phi) is 4.94. The Labute approximate surface area is 158 Å². The second-order valence-electron chi connectivity index (χ2n) is 7.85. The molecule has 2 aliphatic heterocycles. The Bertz CT molecular complexity index is 754. The normalized spacial score (nSPS) is 23.5. The van der Waals surface area contributed by atoms with Crippen molar-refractivity contribution in [3.8, 4) is 0 Å². The number of ether oxygens (including phenoxy) is 1. The highest BCUT2D eigenvalue weighted by molar-refractivity contribution is 6.62. The van der Waals surface area contributed by atoms with Crippen LogP contribution >= 0.6 is 0 Å². The molecule has 0 radical (unpaired) electrons. The first-order valence-corrected chi connectivity index (χ1v) is 8.88. The maximum atomic E-state index is 14.7. The summed E-state index contributed by atoms with van der Waals surface area (Å²) in [4.78, 5) is 24.4. The van der Waals surface area contributed by atoms with Gasteiger partial charge in [-0.15, -0.1) is 0 Å². The van der Waals surface area contributed by atoms with Gasteiger partial charge in [0.15, 0.2) is 0 Å². The molecule has 1 aromatic rings. The lowest BCUT2D eigenvalue weighted by atomic mass is 9.78. The van der Waals surface area contributed by atoms with Crippen LogP contribution in [0.15, 0.2) is 18.2 Å². The Morgan fingerprint density at radius 1 is 1.30 bits per heavy atom. The molecule has 3 rings (SSSR count). The Morgan fingerprint density at radius 2 is 1.93 bits per heavy atom. The smallest absolute Gasteiger partial charge is 0.442 e. The predicted octanol–water partition coefficient (Wildman–Crippen LogP) is 1.59. The van der Waals surface area contributed by atoms with Gasteiger partial charge in [0.25, 0.3) is 0 Å². The SMILES string of the molecule is CC(=O)NCC1CN(c2ccc(B3OC(C)(C)C(C)(C)O3)c(F)c2)C(=O)O1. The maximum absolute atomic E-state index is 14.7. The highest BCUT2D eigenvalue weighted by Gasteiger charge is 2.52. The Hall–Kier alpha value is -2.13. The second kappa shape index (κ2) is 6.80. The summed E-state index contributed by atoms with van der Waals surface area (Å²) in [7, 11) is -0.818. The third-order valence-corrected chi connectivity index (χ3v) is 5.26. The van der Waals surface area contributed by atoms with E-state index in [1.165, 1.54) is 17.9 Å². The van der Waals surface area contributed by atoms with E-state index in [2.05, 4.69) is 5.32 Å². The molecule has 1 unspecified atom stereocenters. The van der Waals surface area contributed by atoms with Gasteiger partial charge in [-0.2, -0.15) is 0 Å². The number of amides is 2. The minimum Gasteiger partial charge on any atom is -0.442 e. The molecule has 0 bridgehead atoms. The number of nitrogens with zero attached hydrogens (tertiary/aromatic N) is 1. The average molecular weight is 378 g/mol. The van der Waals surface area contributed by atoms with Crippen molar-refractivity contribution in [1.82, 2.24) is 5.32 Å². The number of nitrogens with one attached hydrogen (secondary N) is 1. The van der Waals surface area contributed by atoms with Crippen LogP contribution in [0, 0.1) is 5.82 Å². The molecule has 2 fully saturated rings. The summed E-state index contributed by atoms with van der Waals surface area (Å²) in [6.45, 7) is 9.42. The number of rotatable bonds is 4. The van der Waals surface area contributed by atoms with Gasteiger partial charge in [-0.05, 0) is 39.8 Å². The first-order chi connectivity index (χ1) is 12.5. The predicted molar refractivity (Wildman–Crippen MR) is 98.4 cm³/mol. The lowest BCUT2D eigenvalue weighted by molar-refractivity contribution is -0.119. The van der Waals surface area contributed by atoms with Crippen molar-refractivity contribution < 1.29 is 28.0 Å². The number of hydrogen-bond donors (Lipinski definition) is 1. The summed E-state index contributed by atoms with van der Waals surface area (Å²) < 4.78 is 31.7. The molecule has 2 amide bonds. The van der Waals surface area contributed by atoms with Gasteiger partial charge in [0.05, 0.1) is 30.0 Å². The van der Waals surface area contributed by atoms with Gasteiger partial charge >= 0.3 is 13.2 Å². The highest BCUT2D eigenvalue weighted by Crippen LogP contribution is 2.36. The van der Waals surface area contributed by atoms with E-state index in [1.54, 1.807) is 12.1 Å². The van der Waals surface area contributed by atoms with Gasteiger partial charge in [-0.25, -0.2) is 9.18 Å². The number of cyclic esters (lactones) is 1. The minimum absolute atomic E-state index is 0.206. The summed E-state index contributed by atoms with van der Waals surface area (Å²) in [5, 5.41) is 2.60. The number of anilines is 1. The zero-order valence-electron chi connectivity index (χ0n) is 16.2. The highest BCUT2D eigenvalue weighted by atomic mass is 19.1. The minimum atomic E-state index is -0.818. The first-order valence-electron chi connectivity index (χ1n) is 8.88. The van der Waals surface area contributed by atoms with Crippen LogP contribution in [0.1, 0.15) is 34.6 Å². The van der Waals surface area contributed by atoms with E-state index in [0.29, 0.717) is 5.69 Å². The van der Waals surface area contributed by atoms with Crippen molar-refractivity contribution in [2.75, 3.05) is 18.0 Å². The van der Waals surface area contributed by atoms with Gasteiger partial charge < -0.3 is 19.4 Å². The molecule has 146 valence electrons. The molecule has 1 atom stereocenters. The van der Waals surface area contributed by atoms with Gasteiger partial charge in [0, 0.05) is 12.4 Å². The zero-order chi connectivity index (χ0) is 20.0. The van der Waals surface area contributed by atoms with Crippen LogP contribution in [-0.4, -0.2) is 49.5 Å². The van der Waals surface area contributed by atoms with E-state index >= 15 is 0 Å². The fourth-order valence-electron chi connectivity index (χ4n) is 2.94. The molecule has 0 spiro atoms. The molecule has 1 N–H and O–H groups in total. The van der Waals surface area contributed by atoms with Crippen LogP contribution in [0.3, 0.4) is 0 Å². The monoisotopic (exact) mass is 378 g/mol. The molecule has 27 heavy (non-hydrogen) atoms. The average Bonchev–Trinajstić information content (AvgIpc) is 3.01. The largest absolute Gasteiger partial charge is 0.497 e. The van der Waals surface area contributed by atoms with Gasteiger partial charge in [-0.1, -0.05) is 6.07 Å². The second-order valence-corrected chi connectivity index (χ2v) is 7.85. The Balaban J connectivity index is 1.74. The van der Waals surface area contributed by atoms with Crippen molar-refractivity contribution >= 4 is 30.3 Å². The van der Waals surface area contributed by atoms with E-state index in [0.717, 1.165) is 0 Å². The van der Waals surface area contributed by atoms with E-state index in [-0.39, 0.29) is 24.5 Å². The summed E-state index contributed by atoms with van der Waals surface area (Å²) in [5.74, 6) is -0.730. The number of carbonyl (C=O) groups excluding carboxylic acids is 2. The van der Waals surface area contributed by atoms with Crippen LogP contribution in [0.5, 0.6) is 0 Å². The van der Waals surface area contributed by atoms with Crippen LogP contribution in [-0.2, 0) is 18.8 Å². The maximum Gasteiger partial charge on any atom is 0.497 e. The van der Waals surface area contributed by atoms with Crippen molar-refractivity contribution in [3.05, 3.63) is 24.0 Å². The number of carbonyl (C=O) groups is 2. The molecule has 1 aromatic carbocycles. The standard InChI is InChI=1S/C18H24BFN2O5/c1-11(23)21-9-13-10-22(16(24)25-13)12-6-7-14(15(20)8-12)19-26-17(2,3)18(4,5)27-19/h6-8,13H,9-10H2,1-5H3,(H,21,23). The summed E-state index contributed by atoms with van der Waals surface area (Å²) >= 11 is 0. The number of benzene rings is 1. The molecule has 2 aliphatic rings. The molecule has 9 heteroatoms. The molecular formula is C18H24BFN2O5. The van der Waals surface area contributed by atoms with Crippen LogP contribution < -0.4 is 15.7 Å². The van der Waals surface area contributed by atoms with Crippen molar-refractivity contribution in [2.24, 2.45) is 0 Å². The number of halogens is 1. The molecule has 2 saturated heterocycles. The van der Waals surface area contributed by atoms with Crippen molar-refractivity contribution in [1.29, 1.82) is 0 Å². The van der Waals surface area contributed by atoms with Crippen molar-refractivity contribution in [3.63, 3.8) is 0 Å². The lowest BCUT2D eigenvalue weighted by Crippen LogP contribution is -2.41. The topological polar surface area (TPSA) is 77.1 Å². The third-order valence-electron chi connectivity index (χ3n) is 5.26. The van der Waals surface area contributed by atoms with Crippen LogP contribution in [0.4, 0.5) is 14.9 Å². The molecule has 0 aliphatic carbocycles. The molecular weight excluding hydrogens is 354 g/mol. The third kappa shape index (κ3) is 3.79. The van der Waals surface area contributed by atoms with E-state index in [4.69, 9.17) is 14.0 Å².